The molecular weight excluding hydrogens is 898 g/mol. The van der Waals surface area contributed by atoms with Gasteiger partial charge in [-0.3, -0.25) is 19.9 Å². The van der Waals surface area contributed by atoms with Gasteiger partial charge in [0.1, 0.15) is 0 Å². The van der Waals surface area contributed by atoms with Gasteiger partial charge in [-0.15, -0.1) is 0 Å². The van der Waals surface area contributed by atoms with E-state index in [0.29, 0.717) is 24.2 Å². The zero-order valence-electron chi connectivity index (χ0n) is 31.4. The average Bonchev–Trinajstić information content (AvgIpc) is 4.14. The zero-order valence-corrected chi connectivity index (χ0v) is 34.7. The second-order valence-corrected chi connectivity index (χ2v) is 12.8. The molecule has 8 heterocycles. The topological polar surface area (TPSA) is 123 Å². The van der Waals surface area contributed by atoms with E-state index >= 15 is 0 Å². The SMILES string of the molecule is CCC(CC(CC(CC(C)n1ccnc1)n1ccnc1)n1ccnc1)n1ccnc1.[Cl][Os].c1ccc(-c2ccccn2)nc1.c1ccc(-c2ccccn2)nc1. The van der Waals surface area contributed by atoms with Crippen molar-refractivity contribution in [3.8, 4) is 22.8 Å². The number of hydrogen-bond acceptors (Lipinski definition) is 8. The maximum Gasteiger partial charge on any atom is 0.0886 e. The molecule has 4 unspecified atom stereocenters. The maximum absolute atomic E-state index is 4.67. The largest absolute Gasteiger partial charge is 0.255 e. The van der Waals surface area contributed by atoms with Crippen LogP contribution in [0.1, 0.15) is 63.7 Å². The predicted octanol–water partition coefficient (Wildman–Crippen LogP) is 9.31. The number of hydrogen-bond donors (Lipinski definition) is 0. The van der Waals surface area contributed by atoms with E-state index in [1.165, 1.54) is 17.6 Å². The summed E-state index contributed by atoms with van der Waals surface area (Å²) in [6.07, 6.45) is 34.5. The van der Waals surface area contributed by atoms with Crippen LogP contribution in [0, 0.1) is 0 Å². The minimum absolute atomic E-state index is 0.317. The summed E-state index contributed by atoms with van der Waals surface area (Å²) in [7, 11) is 4.67. The van der Waals surface area contributed by atoms with E-state index in [0.717, 1.165) is 48.5 Å². The first-order chi connectivity index (χ1) is 27.7. The van der Waals surface area contributed by atoms with Crippen LogP contribution >= 0.6 is 9.64 Å². The molecule has 0 amide bonds. The summed E-state index contributed by atoms with van der Waals surface area (Å²) in [5.41, 5.74) is 3.66. The second kappa shape index (κ2) is 23.3. The number of imidazole rings is 4. The van der Waals surface area contributed by atoms with Crippen LogP contribution in [0.4, 0.5) is 0 Å². The normalized spacial score (nSPS) is 12.6. The Kier molecular flexibility index (Phi) is 17.3. The Bertz CT molecular complexity index is 1950. The Hall–Kier alpha value is -5.63. The maximum atomic E-state index is 4.67. The molecule has 0 N–H and O–H groups in total. The Morgan fingerprint density at radius 1 is 0.446 bits per heavy atom. The Morgan fingerprint density at radius 2 is 0.768 bits per heavy atom. The van der Waals surface area contributed by atoms with Crippen LogP contribution < -0.4 is 0 Å². The molecule has 8 rings (SSSR count). The van der Waals surface area contributed by atoms with Gasteiger partial charge in [0.2, 0.25) is 0 Å². The minimum atomic E-state index is 0.317. The summed E-state index contributed by atoms with van der Waals surface area (Å²) in [5.74, 6) is 0. The van der Waals surface area contributed by atoms with Crippen molar-refractivity contribution in [3.05, 3.63) is 172 Å². The summed E-state index contributed by atoms with van der Waals surface area (Å²) in [6, 6.07) is 24.6. The third-order valence-corrected chi connectivity index (χ3v) is 9.23. The Morgan fingerprint density at radius 3 is 1.07 bits per heavy atom. The molecule has 0 bridgehead atoms. The van der Waals surface area contributed by atoms with Gasteiger partial charge in [-0.25, -0.2) is 19.9 Å². The van der Waals surface area contributed by atoms with Gasteiger partial charge in [0.25, 0.3) is 0 Å². The number of pyridine rings is 4. The predicted molar refractivity (Wildman–Crippen MR) is 216 cm³/mol. The van der Waals surface area contributed by atoms with Gasteiger partial charge < -0.3 is 18.3 Å². The van der Waals surface area contributed by atoms with Crippen molar-refractivity contribution in [3.63, 3.8) is 0 Å². The summed E-state index contributed by atoms with van der Waals surface area (Å²) < 4.78 is 8.90. The first-order valence-electron chi connectivity index (χ1n) is 18.4. The van der Waals surface area contributed by atoms with Crippen molar-refractivity contribution < 1.29 is 17.6 Å². The molecule has 0 spiro atoms. The standard InChI is InChI=1S/C22H30N8.2C10H8N2.ClH.Os/c1-3-20(28-9-5-24-16-28)13-22(30-11-7-26-18-30)14-21(29-10-6-25-17-29)12-19(2)27-8-4-23-15-27;2*1-3-7-11-9(5-1)10-6-2-4-8-12-10;;/h4-11,15-22H,3,12-14H2,1-2H3;2*1-8H;1H;/q;;;;+1/p-1. The van der Waals surface area contributed by atoms with Gasteiger partial charge in [-0.2, -0.15) is 0 Å². The molecule has 12 nitrogen and oxygen atoms in total. The van der Waals surface area contributed by atoms with Crippen LogP contribution in [0.3, 0.4) is 0 Å². The van der Waals surface area contributed by atoms with Crippen LogP contribution in [-0.2, 0) is 17.6 Å². The van der Waals surface area contributed by atoms with Gasteiger partial charge >= 0.3 is 27.2 Å². The third kappa shape index (κ3) is 12.7. The summed E-state index contributed by atoms with van der Waals surface area (Å²) in [4.78, 5) is 33.9. The third-order valence-electron chi connectivity index (χ3n) is 9.23. The van der Waals surface area contributed by atoms with Gasteiger partial charge in [0.15, 0.2) is 0 Å². The fourth-order valence-corrected chi connectivity index (χ4v) is 6.37. The van der Waals surface area contributed by atoms with Crippen molar-refractivity contribution in [1.82, 2.24) is 58.1 Å². The van der Waals surface area contributed by atoms with E-state index in [9.17, 15) is 0 Å². The molecular formula is C42H46ClN12Os. The molecule has 8 aromatic rings. The van der Waals surface area contributed by atoms with Crippen LogP contribution in [0.5, 0.6) is 0 Å². The summed E-state index contributed by atoms with van der Waals surface area (Å²) in [6.45, 7) is 4.49. The van der Waals surface area contributed by atoms with E-state index in [-0.39, 0.29) is 0 Å². The van der Waals surface area contributed by atoms with Crippen LogP contribution in [0.25, 0.3) is 22.8 Å². The molecule has 14 heteroatoms. The van der Waals surface area contributed by atoms with E-state index in [4.69, 9.17) is 0 Å². The van der Waals surface area contributed by atoms with E-state index < -0.39 is 0 Å². The molecule has 0 aliphatic rings. The van der Waals surface area contributed by atoms with E-state index in [1.807, 2.05) is 129 Å². The van der Waals surface area contributed by atoms with Crippen molar-refractivity contribution in [1.29, 1.82) is 0 Å². The van der Waals surface area contributed by atoms with Gasteiger partial charge in [0.05, 0.1) is 48.1 Å². The van der Waals surface area contributed by atoms with Crippen LogP contribution in [0.15, 0.2) is 172 Å². The molecule has 0 saturated heterocycles. The fourth-order valence-electron chi connectivity index (χ4n) is 6.37. The van der Waals surface area contributed by atoms with Crippen LogP contribution in [0.2, 0.25) is 0 Å². The van der Waals surface area contributed by atoms with Gasteiger partial charge in [-0.05, 0) is 81.1 Å². The van der Waals surface area contributed by atoms with E-state index in [1.54, 1.807) is 24.8 Å². The molecule has 0 aromatic carbocycles. The smallest absolute Gasteiger partial charge is 0.0886 e. The average molecular weight is 945 g/mol. The summed E-state index contributed by atoms with van der Waals surface area (Å²) >= 11 is 1.33. The molecule has 0 radical (unpaired) electrons. The molecule has 0 fully saturated rings. The first kappa shape index (κ1) is 41.5. The second-order valence-electron chi connectivity index (χ2n) is 12.8. The van der Waals surface area contributed by atoms with Crippen molar-refractivity contribution in [2.45, 2.75) is 63.7 Å². The number of halogens is 1. The summed E-state index contributed by atoms with van der Waals surface area (Å²) in [5, 5.41) is 0. The Labute approximate surface area is 342 Å². The molecule has 8 aromatic heterocycles. The zero-order chi connectivity index (χ0) is 39.2. The van der Waals surface area contributed by atoms with E-state index in [2.05, 4.69) is 100 Å². The number of nitrogens with zero attached hydrogens (tertiary/aromatic N) is 12. The molecule has 0 aliphatic carbocycles. The minimum Gasteiger partial charge on any atom is -0.255 e. The molecule has 0 saturated carbocycles. The molecule has 4 atom stereocenters. The molecule has 0 aliphatic heterocycles. The van der Waals surface area contributed by atoms with Crippen molar-refractivity contribution >= 4 is 9.64 Å². The molecule has 289 valence electrons. The van der Waals surface area contributed by atoms with Crippen molar-refractivity contribution in [2.75, 3.05) is 0 Å². The van der Waals surface area contributed by atoms with Gasteiger partial charge in [0, 0.05) is 98.5 Å². The Balaban J connectivity index is 0.000000188. The number of rotatable bonds is 13. The molecule has 56 heavy (non-hydrogen) atoms. The fraction of sp³-hybridized carbons (Fsp3) is 0.238. The quantitative estimate of drug-likeness (QED) is 0.112. The van der Waals surface area contributed by atoms with Crippen molar-refractivity contribution in [2.24, 2.45) is 0 Å². The van der Waals surface area contributed by atoms with Gasteiger partial charge in [-0.1, -0.05) is 31.2 Å². The monoisotopic (exact) mass is 945 g/mol. The van der Waals surface area contributed by atoms with Crippen LogP contribution in [-0.4, -0.2) is 58.1 Å². The first-order valence-corrected chi connectivity index (χ1v) is 21.5. The number of aromatic nitrogens is 12.